The molecule has 0 spiro atoms. The van der Waals surface area contributed by atoms with Crippen LogP contribution in [0.4, 0.5) is 0 Å². The SMILES string of the molecule is C[C@@H]1CN(CC(=O)N[C@@H]2CCCCNC2=O)C[C@H](C)O1. The number of amides is 2. The number of carbonyl (C=O) groups excluding carboxylic acids is 2. The number of hydrogen-bond acceptors (Lipinski definition) is 4. The average Bonchev–Trinajstić information content (AvgIpc) is 2.53. The number of rotatable bonds is 3. The largest absolute Gasteiger partial charge is 0.373 e. The first-order valence-corrected chi connectivity index (χ1v) is 7.49. The Balaban J connectivity index is 1.80. The smallest absolute Gasteiger partial charge is 0.242 e. The minimum absolute atomic E-state index is 0.0560. The number of nitrogens with one attached hydrogen (secondary N) is 2. The third kappa shape index (κ3) is 4.45. The fraction of sp³-hybridized carbons (Fsp3) is 0.857. The van der Waals surface area contributed by atoms with E-state index in [1.54, 1.807) is 0 Å². The maximum absolute atomic E-state index is 12.1. The lowest BCUT2D eigenvalue weighted by Crippen LogP contribution is -2.52. The van der Waals surface area contributed by atoms with Crippen molar-refractivity contribution in [3.63, 3.8) is 0 Å². The van der Waals surface area contributed by atoms with Crippen molar-refractivity contribution in [1.82, 2.24) is 15.5 Å². The van der Waals surface area contributed by atoms with Gasteiger partial charge in [0.2, 0.25) is 11.8 Å². The quantitative estimate of drug-likeness (QED) is 0.757. The van der Waals surface area contributed by atoms with Crippen LogP contribution >= 0.6 is 0 Å². The third-order valence-corrected chi connectivity index (χ3v) is 3.73. The van der Waals surface area contributed by atoms with E-state index >= 15 is 0 Å². The molecule has 114 valence electrons. The summed E-state index contributed by atoms with van der Waals surface area (Å²) in [4.78, 5) is 25.9. The van der Waals surface area contributed by atoms with Crippen LogP contribution in [-0.4, -0.2) is 61.1 Å². The lowest BCUT2D eigenvalue weighted by Gasteiger charge is -2.35. The summed E-state index contributed by atoms with van der Waals surface area (Å²) >= 11 is 0. The molecular weight excluding hydrogens is 258 g/mol. The Hall–Kier alpha value is -1.14. The molecule has 2 aliphatic rings. The Bertz CT molecular complexity index is 352. The van der Waals surface area contributed by atoms with Crippen molar-refractivity contribution < 1.29 is 14.3 Å². The van der Waals surface area contributed by atoms with Crippen molar-refractivity contribution in [1.29, 1.82) is 0 Å². The van der Waals surface area contributed by atoms with Gasteiger partial charge in [0.25, 0.3) is 0 Å². The first kappa shape index (κ1) is 15.3. The van der Waals surface area contributed by atoms with Gasteiger partial charge in [-0.3, -0.25) is 14.5 Å². The van der Waals surface area contributed by atoms with Gasteiger partial charge in [-0.05, 0) is 33.1 Å². The van der Waals surface area contributed by atoms with Crippen LogP contribution in [0, 0.1) is 0 Å². The Morgan fingerprint density at radius 1 is 1.35 bits per heavy atom. The van der Waals surface area contributed by atoms with E-state index in [1.807, 2.05) is 13.8 Å². The van der Waals surface area contributed by atoms with Crippen LogP contribution < -0.4 is 10.6 Å². The molecule has 2 aliphatic heterocycles. The molecule has 0 aliphatic carbocycles. The summed E-state index contributed by atoms with van der Waals surface area (Å²) in [5, 5.41) is 5.68. The van der Waals surface area contributed by atoms with E-state index in [9.17, 15) is 9.59 Å². The van der Waals surface area contributed by atoms with Crippen molar-refractivity contribution in [3.8, 4) is 0 Å². The zero-order chi connectivity index (χ0) is 14.5. The summed E-state index contributed by atoms with van der Waals surface area (Å²) in [6.07, 6.45) is 2.97. The molecule has 2 N–H and O–H groups in total. The molecule has 0 aromatic carbocycles. The zero-order valence-electron chi connectivity index (χ0n) is 12.4. The Morgan fingerprint density at radius 3 is 2.75 bits per heavy atom. The van der Waals surface area contributed by atoms with E-state index in [0.717, 1.165) is 32.4 Å². The maximum atomic E-state index is 12.1. The molecule has 0 saturated carbocycles. The van der Waals surface area contributed by atoms with Gasteiger partial charge in [0, 0.05) is 19.6 Å². The maximum Gasteiger partial charge on any atom is 0.242 e. The first-order valence-electron chi connectivity index (χ1n) is 7.49. The van der Waals surface area contributed by atoms with Gasteiger partial charge in [-0.25, -0.2) is 0 Å². The molecule has 0 bridgehead atoms. The summed E-state index contributed by atoms with van der Waals surface area (Å²) in [7, 11) is 0. The number of carbonyl (C=O) groups is 2. The lowest BCUT2D eigenvalue weighted by atomic mass is 10.1. The monoisotopic (exact) mass is 283 g/mol. The molecule has 20 heavy (non-hydrogen) atoms. The number of ether oxygens (including phenoxy) is 1. The molecule has 2 amide bonds. The predicted octanol–water partition coefficient (Wildman–Crippen LogP) is -0.119. The first-order chi connectivity index (χ1) is 9.54. The second-order valence-electron chi connectivity index (χ2n) is 5.86. The van der Waals surface area contributed by atoms with E-state index in [2.05, 4.69) is 15.5 Å². The minimum Gasteiger partial charge on any atom is -0.373 e. The van der Waals surface area contributed by atoms with Gasteiger partial charge >= 0.3 is 0 Å². The van der Waals surface area contributed by atoms with E-state index < -0.39 is 0 Å². The van der Waals surface area contributed by atoms with Gasteiger partial charge in [-0.15, -0.1) is 0 Å². The summed E-state index contributed by atoms with van der Waals surface area (Å²) in [5.41, 5.74) is 0. The Morgan fingerprint density at radius 2 is 2.05 bits per heavy atom. The van der Waals surface area contributed by atoms with Crippen molar-refractivity contribution in [3.05, 3.63) is 0 Å². The highest BCUT2D eigenvalue weighted by Gasteiger charge is 2.26. The van der Waals surface area contributed by atoms with Crippen molar-refractivity contribution in [2.75, 3.05) is 26.2 Å². The Labute approximate surface area is 120 Å². The standard InChI is InChI=1S/C14H25N3O3/c1-10-7-17(8-11(2)20-10)9-13(18)16-12-5-3-4-6-15-14(12)19/h10-12H,3-9H2,1-2H3,(H,15,19)(H,16,18)/t10-,11+,12-/m1/s1. The van der Waals surface area contributed by atoms with Crippen LogP contribution in [-0.2, 0) is 14.3 Å². The van der Waals surface area contributed by atoms with Gasteiger partial charge in [-0.2, -0.15) is 0 Å². The normalized spacial score (nSPS) is 32.3. The van der Waals surface area contributed by atoms with E-state index in [1.165, 1.54) is 0 Å². The fourth-order valence-corrected chi connectivity index (χ4v) is 2.93. The van der Waals surface area contributed by atoms with Crippen molar-refractivity contribution in [2.24, 2.45) is 0 Å². The van der Waals surface area contributed by atoms with E-state index in [4.69, 9.17) is 4.74 Å². The summed E-state index contributed by atoms with van der Waals surface area (Å²) in [5.74, 6) is -0.132. The third-order valence-electron chi connectivity index (χ3n) is 3.73. The highest BCUT2D eigenvalue weighted by atomic mass is 16.5. The van der Waals surface area contributed by atoms with Crippen LogP contribution in [0.2, 0.25) is 0 Å². The molecule has 0 aromatic heterocycles. The zero-order valence-corrected chi connectivity index (χ0v) is 12.4. The van der Waals surface area contributed by atoms with Crippen LogP contribution in [0.15, 0.2) is 0 Å². The van der Waals surface area contributed by atoms with Crippen LogP contribution in [0.1, 0.15) is 33.1 Å². The average molecular weight is 283 g/mol. The second kappa shape index (κ2) is 7.04. The molecule has 3 atom stereocenters. The lowest BCUT2D eigenvalue weighted by molar-refractivity contribution is -0.131. The highest BCUT2D eigenvalue weighted by Crippen LogP contribution is 2.10. The van der Waals surface area contributed by atoms with Crippen molar-refractivity contribution >= 4 is 11.8 Å². The van der Waals surface area contributed by atoms with Gasteiger partial charge < -0.3 is 15.4 Å². The topological polar surface area (TPSA) is 70.7 Å². The van der Waals surface area contributed by atoms with Gasteiger partial charge in [0.15, 0.2) is 0 Å². The molecule has 2 fully saturated rings. The highest BCUT2D eigenvalue weighted by molar-refractivity contribution is 5.88. The molecule has 6 nitrogen and oxygen atoms in total. The van der Waals surface area contributed by atoms with Crippen molar-refractivity contribution in [2.45, 2.75) is 51.4 Å². The van der Waals surface area contributed by atoms with E-state index in [-0.39, 0.29) is 30.1 Å². The molecule has 6 heteroatoms. The molecule has 2 heterocycles. The van der Waals surface area contributed by atoms with Crippen LogP contribution in [0.5, 0.6) is 0 Å². The summed E-state index contributed by atoms with van der Waals surface area (Å²) < 4.78 is 5.64. The van der Waals surface area contributed by atoms with Gasteiger partial charge in [0.05, 0.1) is 18.8 Å². The van der Waals surface area contributed by atoms with Gasteiger partial charge in [-0.1, -0.05) is 0 Å². The number of hydrogen-bond donors (Lipinski definition) is 2. The molecule has 2 rings (SSSR count). The second-order valence-corrected chi connectivity index (χ2v) is 5.86. The van der Waals surface area contributed by atoms with E-state index in [0.29, 0.717) is 13.1 Å². The van der Waals surface area contributed by atoms with Crippen LogP contribution in [0.25, 0.3) is 0 Å². The molecule has 0 unspecified atom stereocenters. The molecule has 2 saturated heterocycles. The number of morpholine rings is 1. The minimum atomic E-state index is -0.374. The Kier molecular flexibility index (Phi) is 5.37. The summed E-state index contributed by atoms with van der Waals surface area (Å²) in [6, 6.07) is -0.374. The van der Waals surface area contributed by atoms with Crippen LogP contribution in [0.3, 0.4) is 0 Å². The number of nitrogens with zero attached hydrogens (tertiary/aromatic N) is 1. The molecule has 0 aromatic rings. The molecule has 0 radical (unpaired) electrons. The summed E-state index contributed by atoms with van der Waals surface area (Å²) in [6.45, 7) is 6.59. The predicted molar refractivity (Wildman–Crippen MR) is 75.2 cm³/mol. The fourth-order valence-electron chi connectivity index (χ4n) is 2.93. The van der Waals surface area contributed by atoms with Gasteiger partial charge in [0.1, 0.15) is 6.04 Å². The molecular formula is C14H25N3O3.